The minimum atomic E-state index is 0. The number of para-hydroxylation sites is 1. The third kappa shape index (κ3) is 2.89. The molecule has 0 saturated carbocycles. The van der Waals surface area contributed by atoms with Gasteiger partial charge in [0, 0.05) is 17.6 Å². The predicted molar refractivity (Wildman–Crippen MR) is 101 cm³/mol. The molecule has 2 aromatic heterocycles. The van der Waals surface area contributed by atoms with E-state index in [1.165, 1.54) is 4.80 Å². The summed E-state index contributed by atoms with van der Waals surface area (Å²) in [6, 6.07) is 16.0. The summed E-state index contributed by atoms with van der Waals surface area (Å²) in [5.41, 5.74) is 9.46. The van der Waals surface area contributed by atoms with Crippen LogP contribution in [0.25, 0.3) is 28.1 Å². The van der Waals surface area contributed by atoms with E-state index < -0.39 is 0 Å². The molecule has 0 aliphatic carbocycles. The van der Waals surface area contributed by atoms with Crippen molar-refractivity contribution >= 4 is 34.9 Å². The number of fused-ring (bicyclic) bond motifs is 1. The zero-order valence-electron chi connectivity index (χ0n) is 13.4. The van der Waals surface area contributed by atoms with E-state index in [1.807, 2.05) is 48.5 Å². The van der Waals surface area contributed by atoms with E-state index in [4.69, 9.17) is 17.3 Å². The number of halogens is 2. The number of nitrogens with two attached hydrogens (primary N) is 1. The molecular formula is C17H16Cl2N6. The molecule has 0 aliphatic heterocycles. The molecule has 25 heavy (non-hydrogen) atoms. The van der Waals surface area contributed by atoms with E-state index in [9.17, 15) is 0 Å². The van der Waals surface area contributed by atoms with Crippen molar-refractivity contribution in [1.82, 2.24) is 24.8 Å². The van der Waals surface area contributed by atoms with Gasteiger partial charge in [-0.3, -0.25) is 0 Å². The first kappa shape index (κ1) is 17.4. The summed E-state index contributed by atoms with van der Waals surface area (Å²) in [6.07, 6.45) is 0. The maximum Gasteiger partial charge on any atom is 0.223 e. The molecule has 4 rings (SSSR count). The normalized spacial score (nSPS) is 10.8. The highest BCUT2D eigenvalue weighted by atomic mass is 35.5. The second kappa shape index (κ2) is 6.84. The lowest BCUT2D eigenvalue weighted by atomic mass is 10.2. The van der Waals surface area contributed by atoms with Crippen LogP contribution in [0.4, 0.5) is 0 Å². The molecule has 0 saturated heterocycles. The van der Waals surface area contributed by atoms with Crippen molar-refractivity contribution in [3.05, 3.63) is 59.1 Å². The molecule has 8 heteroatoms. The fraction of sp³-hybridized carbons (Fsp3) is 0.118. The highest BCUT2D eigenvalue weighted by Gasteiger charge is 2.21. The Hall–Kier alpha value is -2.41. The van der Waals surface area contributed by atoms with Crippen molar-refractivity contribution in [2.75, 3.05) is 0 Å². The fourth-order valence-corrected chi connectivity index (χ4v) is 3.16. The van der Waals surface area contributed by atoms with Crippen molar-refractivity contribution in [2.24, 2.45) is 12.8 Å². The first-order valence-electron chi connectivity index (χ1n) is 7.51. The van der Waals surface area contributed by atoms with Crippen LogP contribution in [0.5, 0.6) is 0 Å². The van der Waals surface area contributed by atoms with Crippen LogP contribution in [-0.4, -0.2) is 24.8 Å². The number of aryl methyl sites for hydroxylation is 1. The van der Waals surface area contributed by atoms with Crippen molar-refractivity contribution in [3.63, 3.8) is 0 Å². The lowest BCUT2D eigenvalue weighted by molar-refractivity contribution is 0.630. The van der Waals surface area contributed by atoms with Crippen LogP contribution in [0, 0.1) is 0 Å². The summed E-state index contributed by atoms with van der Waals surface area (Å²) in [6.45, 7) is 0.506. The molecule has 2 aromatic carbocycles. The van der Waals surface area contributed by atoms with E-state index in [2.05, 4.69) is 20.0 Å². The smallest absolute Gasteiger partial charge is 0.223 e. The zero-order chi connectivity index (χ0) is 16.7. The summed E-state index contributed by atoms with van der Waals surface area (Å²) in [5, 5.41) is 14.0. The zero-order valence-corrected chi connectivity index (χ0v) is 15.0. The molecule has 0 spiro atoms. The summed E-state index contributed by atoms with van der Waals surface area (Å²) in [7, 11) is 1.73. The van der Waals surface area contributed by atoms with Crippen LogP contribution < -0.4 is 5.73 Å². The van der Waals surface area contributed by atoms with Crippen molar-refractivity contribution in [1.29, 1.82) is 0 Å². The number of hydrogen-bond acceptors (Lipinski definition) is 4. The van der Waals surface area contributed by atoms with Gasteiger partial charge in [0.05, 0.1) is 17.6 Å². The first-order chi connectivity index (χ1) is 11.7. The molecule has 0 amide bonds. The van der Waals surface area contributed by atoms with Gasteiger partial charge in [-0.05, 0) is 29.0 Å². The minimum absolute atomic E-state index is 0. The molecule has 4 aromatic rings. The largest absolute Gasteiger partial charge is 0.326 e. The molecular weight excluding hydrogens is 359 g/mol. The van der Waals surface area contributed by atoms with Gasteiger partial charge in [-0.25, -0.2) is 0 Å². The summed E-state index contributed by atoms with van der Waals surface area (Å²) < 4.78 is 2.05. The van der Waals surface area contributed by atoms with Crippen LogP contribution in [0.2, 0.25) is 5.02 Å². The van der Waals surface area contributed by atoms with Crippen LogP contribution >= 0.6 is 24.0 Å². The Morgan fingerprint density at radius 3 is 2.44 bits per heavy atom. The Morgan fingerprint density at radius 1 is 1.08 bits per heavy atom. The minimum Gasteiger partial charge on any atom is -0.326 e. The maximum absolute atomic E-state index is 6.66. The lowest BCUT2D eigenvalue weighted by Crippen LogP contribution is -2.00. The predicted octanol–water partition coefficient (Wildman–Crippen LogP) is 3.35. The number of rotatable bonds is 3. The third-order valence-electron chi connectivity index (χ3n) is 3.96. The van der Waals surface area contributed by atoms with Gasteiger partial charge in [0.15, 0.2) is 0 Å². The Morgan fingerprint density at radius 2 is 1.80 bits per heavy atom. The number of tetrazole rings is 1. The van der Waals surface area contributed by atoms with Crippen molar-refractivity contribution in [3.8, 4) is 17.2 Å². The van der Waals surface area contributed by atoms with Gasteiger partial charge >= 0.3 is 0 Å². The van der Waals surface area contributed by atoms with E-state index in [-0.39, 0.29) is 12.4 Å². The van der Waals surface area contributed by atoms with Crippen molar-refractivity contribution < 1.29 is 0 Å². The molecule has 2 heterocycles. The molecule has 0 radical (unpaired) electrons. The van der Waals surface area contributed by atoms with Gasteiger partial charge in [0.1, 0.15) is 5.69 Å². The van der Waals surface area contributed by atoms with Gasteiger partial charge in [-0.15, -0.1) is 22.6 Å². The number of aromatic nitrogens is 5. The van der Waals surface area contributed by atoms with Crippen LogP contribution in [0.3, 0.4) is 0 Å². The molecule has 128 valence electrons. The van der Waals surface area contributed by atoms with Gasteiger partial charge in [0.25, 0.3) is 0 Å². The van der Waals surface area contributed by atoms with E-state index in [1.54, 1.807) is 7.05 Å². The molecule has 0 atom stereocenters. The van der Waals surface area contributed by atoms with Crippen molar-refractivity contribution in [2.45, 2.75) is 6.54 Å². The average molecular weight is 375 g/mol. The molecule has 6 nitrogen and oxygen atoms in total. The highest BCUT2D eigenvalue weighted by Crippen LogP contribution is 2.38. The highest BCUT2D eigenvalue weighted by molar-refractivity contribution is 6.38. The van der Waals surface area contributed by atoms with Crippen LogP contribution in [0.1, 0.15) is 5.56 Å². The fourth-order valence-electron chi connectivity index (χ4n) is 2.83. The summed E-state index contributed by atoms with van der Waals surface area (Å²) in [4.78, 5) is 1.42. The van der Waals surface area contributed by atoms with Gasteiger partial charge in [-0.2, -0.15) is 4.80 Å². The van der Waals surface area contributed by atoms with E-state index in [0.717, 1.165) is 27.8 Å². The van der Waals surface area contributed by atoms with E-state index in [0.29, 0.717) is 17.4 Å². The van der Waals surface area contributed by atoms with Crippen LogP contribution in [0.15, 0.2) is 48.5 Å². The Bertz CT molecular complexity index is 1020. The van der Waals surface area contributed by atoms with Gasteiger partial charge < -0.3 is 10.3 Å². The topological polar surface area (TPSA) is 74.5 Å². The first-order valence-corrected chi connectivity index (χ1v) is 7.89. The molecule has 0 aliphatic rings. The Labute approximate surface area is 155 Å². The molecule has 0 fully saturated rings. The average Bonchev–Trinajstić information content (AvgIpc) is 3.17. The molecule has 2 N–H and O–H groups in total. The second-order valence-electron chi connectivity index (χ2n) is 5.49. The summed E-state index contributed by atoms with van der Waals surface area (Å²) >= 11 is 6.66. The maximum atomic E-state index is 6.66. The third-order valence-corrected chi connectivity index (χ3v) is 4.35. The van der Waals surface area contributed by atoms with E-state index >= 15 is 0 Å². The number of benzene rings is 2. The molecule has 0 bridgehead atoms. The van der Waals surface area contributed by atoms with Crippen LogP contribution in [-0.2, 0) is 13.6 Å². The second-order valence-corrected chi connectivity index (χ2v) is 5.87. The monoisotopic (exact) mass is 374 g/mol. The van der Waals surface area contributed by atoms with Gasteiger partial charge in [0.2, 0.25) is 5.82 Å². The Balaban J connectivity index is 0.00000182. The summed E-state index contributed by atoms with van der Waals surface area (Å²) in [5.74, 6) is 0.488. The standard InChI is InChI=1S/C17H15ClN6.ClH/c1-23-21-17(20-22-23)16-15(18)13-4-2-3-5-14(13)24(16)12-8-6-11(10-19)7-9-12;/h2-9H,10,19H2,1H3;1H. The number of hydrogen-bond donors (Lipinski definition) is 1. The molecule has 0 unspecified atom stereocenters. The SMILES string of the molecule is Cl.Cn1nnc(-c2c(Cl)c3ccccc3n2-c2ccc(CN)cc2)n1. The lowest BCUT2D eigenvalue weighted by Gasteiger charge is -2.09. The Kier molecular flexibility index (Phi) is 4.76. The van der Waals surface area contributed by atoms with Gasteiger partial charge in [-0.1, -0.05) is 41.9 Å². The quantitative estimate of drug-likeness (QED) is 0.596. The number of nitrogens with zero attached hydrogens (tertiary/aromatic N) is 5.